The van der Waals surface area contributed by atoms with E-state index in [4.69, 9.17) is 11.6 Å². The monoisotopic (exact) mass is 324 g/mol. The zero-order valence-electron chi connectivity index (χ0n) is 11.4. The van der Waals surface area contributed by atoms with Gasteiger partial charge in [0.25, 0.3) is 5.91 Å². The third-order valence-corrected chi connectivity index (χ3v) is 2.99. The fourth-order valence-electron chi connectivity index (χ4n) is 1.78. The van der Waals surface area contributed by atoms with Crippen LogP contribution in [0.4, 0.5) is 20.2 Å². The average Bonchev–Trinajstić information content (AvgIpc) is 2.41. The molecule has 0 unspecified atom stereocenters. The van der Waals surface area contributed by atoms with Crippen LogP contribution in [0.1, 0.15) is 17.3 Å². The van der Waals surface area contributed by atoms with Crippen LogP contribution in [0.15, 0.2) is 36.4 Å². The third-order valence-electron chi connectivity index (χ3n) is 2.66. The van der Waals surface area contributed by atoms with Crippen LogP contribution in [0.3, 0.4) is 0 Å². The lowest BCUT2D eigenvalue weighted by atomic mass is 10.2. The number of anilines is 2. The van der Waals surface area contributed by atoms with Gasteiger partial charge in [0.05, 0.1) is 10.7 Å². The molecule has 0 aliphatic carbocycles. The first kappa shape index (κ1) is 15.9. The van der Waals surface area contributed by atoms with Gasteiger partial charge in [0.1, 0.15) is 11.6 Å². The molecule has 0 heterocycles. The molecule has 0 radical (unpaired) electrons. The second-order valence-electron chi connectivity index (χ2n) is 4.49. The highest BCUT2D eigenvalue weighted by atomic mass is 35.5. The molecule has 0 saturated carbocycles. The number of carbonyl (C=O) groups is 2. The summed E-state index contributed by atoms with van der Waals surface area (Å²) in [6.45, 7) is 1.32. The van der Waals surface area contributed by atoms with Crippen molar-refractivity contribution in [1.29, 1.82) is 0 Å². The number of nitrogens with one attached hydrogen (secondary N) is 2. The van der Waals surface area contributed by atoms with Crippen LogP contribution in [0.2, 0.25) is 5.02 Å². The molecule has 0 spiro atoms. The summed E-state index contributed by atoms with van der Waals surface area (Å²) in [5.41, 5.74) is 0.480. The maximum atomic E-state index is 13.1. The molecule has 2 aromatic rings. The highest BCUT2D eigenvalue weighted by Crippen LogP contribution is 2.26. The first-order valence-corrected chi connectivity index (χ1v) is 6.57. The van der Waals surface area contributed by atoms with Crippen LogP contribution in [0, 0.1) is 11.6 Å². The van der Waals surface area contributed by atoms with E-state index in [1.165, 1.54) is 25.1 Å². The Balaban J connectivity index is 2.22. The molecule has 2 amide bonds. The molecule has 0 atom stereocenters. The van der Waals surface area contributed by atoms with E-state index in [-0.39, 0.29) is 11.5 Å². The molecule has 4 nitrogen and oxygen atoms in total. The van der Waals surface area contributed by atoms with E-state index in [0.29, 0.717) is 22.5 Å². The SMILES string of the molecule is CC(=O)Nc1cc(NC(=O)c2cc(F)cc(F)c2)ccc1Cl. The van der Waals surface area contributed by atoms with Gasteiger partial charge in [0, 0.05) is 24.2 Å². The summed E-state index contributed by atoms with van der Waals surface area (Å²) in [6, 6.07) is 6.94. The molecule has 0 aliphatic heterocycles. The molecule has 22 heavy (non-hydrogen) atoms. The Kier molecular flexibility index (Phi) is 4.72. The van der Waals surface area contributed by atoms with E-state index in [2.05, 4.69) is 10.6 Å². The first-order chi connectivity index (χ1) is 10.3. The minimum Gasteiger partial charge on any atom is -0.325 e. The smallest absolute Gasteiger partial charge is 0.255 e. The minimum absolute atomic E-state index is 0.159. The Labute approximate surface area is 130 Å². The van der Waals surface area contributed by atoms with E-state index >= 15 is 0 Å². The summed E-state index contributed by atoms with van der Waals surface area (Å²) in [4.78, 5) is 23.0. The Morgan fingerprint density at radius 3 is 2.23 bits per heavy atom. The summed E-state index contributed by atoms with van der Waals surface area (Å²) in [7, 11) is 0. The molecule has 0 aliphatic rings. The van der Waals surface area contributed by atoms with Crippen molar-refractivity contribution in [3.63, 3.8) is 0 Å². The van der Waals surface area contributed by atoms with E-state index in [9.17, 15) is 18.4 Å². The lowest BCUT2D eigenvalue weighted by molar-refractivity contribution is -0.114. The Morgan fingerprint density at radius 2 is 1.64 bits per heavy atom. The molecule has 2 rings (SSSR count). The average molecular weight is 325 g/mol. The molecule has 2 aromatic carbocycles. The molecule has 7 heteroatoms. The van der Waals surface area contributed by atoms with Crippen molar-refractivity contribution < 1.29 is 18.4 Å². The van der Waals surface area contributed by atoms with Crippen molar-refractivity contribution in [2.45, 2.75) is 6.92 Å². The van der Waals surface area contributed by atoms with Crippen molar-refractivity contribution >= 4 is 34.8 Å². The van der Waals surface area contributed by atoms with Crippen molar-refractivity contribution in [1.82, 2.24) is 0 Å². The zero-order valence-corrected chi connectivity index (χ0v) is 12.2. The van der Waals surface area contributed by atoms with Gasteiger partial charge < -0.3 is 10.6 Å². The summed E-state index contributed by atoms with van der Waals surface area (Å²) >= 11 is 5.91. The van der Waals surface area contributed by atoms with Crippen LogP contribution in [0.5, 0.6) is 0 Å². The molecular formula is C15H11ClF2N2O2. The van der Waals surface area contributed by atoms with Gasteiger partial charge in [0.15, 0.2) is 0 Å². The topological polar surface area (TPSA) is 58.2 Å². The summed E-state index contributed by atoms with van der Waals surface area (Å²) in [5, 5.41) is 5.27. The lowest BCUT2D eigenvalue weighted by Crippen LogP contribution is -2.13. The number of rotatable bonds is 3. The number of hydrogen-bond acceptors (Lipinski definition) is 2. The fraction of sp³-hybridized carbons (Fsp3) is 0.0667. The fourth-order valence-corrected chi connectivity index (χ4v) is 1.94. The maximum absolute atomic E-state index is 13.1. The molecule has 0 bridgehead atoms. The van der Waals surface area contributed by atoms with Gasteiger partial charge in [-0.1, -0.05) is 11.6 Å². The van der Waals surface area contributed by atoms with Crippen LogP contribution in [-0.2, 0) is 4.79 Å². The Bertz CT molecular complexity index is 730. The number of hydrogen-bond donors (Lipinski definition) is 2. The molecule has 0 aromatic heterocycles. The standard InChI is InChI=1S/C15H11ClF2N2O2/c1-8(21)19-14-7-12(2-3-13(14)16)20-15(22)9-4-10(17)6-11(18)5-9/h2-7H,1H3,(H,19,21)(H,20,22). The van der Waals surface area contributed by atoms with Gasteiger partial charge in [-0.05, 0) is 30.3 Å². The van der Waals surface area contributed by atoms with Crippen LogP contribution >= 0.6 is 11.6 Å². The molecule has 0 fully saturated rings. The van der Waals surface area contributed by atoms with Crippen LogP contribution < -0.4 is 10.6 Å². The van der Waals surface area contributed by atoms with Gasteiger partial charge in [-0.15, -0.1) is 0 Å². The Morgan fingerprint density at radius 1 is 1.00 bits per heavy atom. The van der Waals surface area contributed by atoms with Gasteiger partial charge in [-0.25, -0.2) is 8.78 Å². The van der Waals surface area contributed by atoms with E-state index in [1.54, 1.807) is 0 Å². The van der Waals surface area contributed by atoms with Crippen molar-refractivity contribution in [3.8, 4) is 0 Å². The highest BCUT2D eigenvalue weighted by Gasteiger charge is 2.11. The minimum atomic E-state index is -0.847. The number of halogens is 3. The van der Waals surface area contributed by atoms with Crippen molar-refractivity contribution in [2.24, 2.45) is 0 Å². The van der Waals surface area contributed by atoms with Crippen LogP contribution in [-0.4, -0.2) is 11.8 Å². The van der Waals surface area contributed by atoms with E-state index in [0.717, 1.165) is 12.1 Å². The second kappa shape index (κ2) is 6.53. The van der Waals surface area contributed by atoms with Gasteiger partial charge >= 0.3 is 0 Å². The zero-order chi connectivity index (χ0) is 16.3. The van der Waals surface area contributed by atoms with Crippen molar-refractivity contribution in [2.75, 3.05) is 10.6 Å². The largest absolute Gasteiger partial charge is 0.325 e. The summed E-state index contributed by atoms with van der Waals surface area (Å²) in [5.74, 6) is -2.70. The van der Waals surface area contributed by atoms with Crippen LogP contribution in [0.25, 0.3) is 0 Å². The van der Waals surface area contributed by atoms with E-state index in [1.807, 2.05) is 0 Å². The van der Waals surface area contributed by atoms with Crippen molar-refractivity contribution in [3.05, 3.63) is 58.6 Å². The summed E-state index contributed by atoms with van der Waals surface area (Å²) in [6.07, 6.45) is 0. The quantitative estimate of drug-likeness (QED) is 0.901. The first-order valence-electron chi connectivity index (χ1n) is 6.20. The normalized spacial score (nSPS) is 10.2. The third kappa shape index (κ3) is 4.02. The predicted molar refractivity (Wildman–Crippen MR) is 80.1 cm³/mol. The lowest BCUT2D eigenvalue weighted by Gasteiger charge is -2.10. The van der Waals surface area contributed by atoms with Gasteiger partial charge in [-0.3, -0.25) is 9.59 Å². The number of carbonyl (C=O) groups excluding carboxylic acids is 2. The second-order valence-corrected chi connectivity index (χ2v) is 4.90. The van der Waals surface area contributed by atoms with Gasteiger partial charge in [-0.2, -0.15) is 0 Å². The molecule has 2 N–H and O–H groups in total. The maximum Gasteiger partial charge on any atom is 0.255 e. The summed E-state index contributed by atoms with van der Waals surface area (Å²) < 4.78 is 26.2. The number of amides is 2. The highest BCUT2D eigenvalue weighted by molar-refractivity contribution is 6.33. The van der Waals surface area contributed by atoms with Gasteiger partial charge in [0.2, 0.25) is 5.91 Å². The Hall–Kier alpha value is -2.47. The predicted octanol–water partition coefficient (Wildman–Crippen LogP) is 3.83. The molecule has 114 valence electrons. The molecule has 0 saturated heterocycles. The van der Waals surface area contributed by atoms with E-state index < -0.39 is 17.5 Å². The molecular weight excluding hydrogens is 314 g/mol. The number of benzene rings is 2.